The summed E-state index contributed by atoms with van der Waals surface area (Å²) < 4.78 is 34.0. The van der Waals surface area contributed by atoms with Crippen LogP contribution in [0.5, 0.6) is 5.75 Å². The fraction of sp³-hybridized carbons (Fsp3) is 0.333. The van der Waals surface area contributed by atoms with Crippen molar-refractivity contribution in [2.45, 2.75) is 32.1 Å². The highest BCUT2D eigenvalue weighted by Crippen LogP contribution is 2.17. The second-order valence-electron chi connectivity index (χ2n) is 6.91. The van der Waals surface area contributed by atoms with Crippen molar-refractivity contribution in [3.63, 3.8) is 0 Å². The van der Waals surface area contributed by atoms with Crippen LogP contribution in [0.25, 0.3) is 0 Å². The predicted octanol–water partition coefficient (Wildman–Crippen LogP) is 2.11. The number of hydrogen-bond donors (Lipinski definition) is 1. The van der Waals surface area contributed by atoms with Gasteiger partial charge in [0.25, 0.3) is 5.91 Å². The maximum atomic E-state index is 12.6. The Morgan fingerprint density at radius 2 is 1.79 bits per heavy atom. The molecule has 2 atom stereocenters. The van der Waals surface area contributed by atoms with E-state index in [1.807, 2.05) is 30.3 Å². The third kappa shape index (κ3) is 5.80. The molecular weight excluding hydrogens is 394 g/mol. The van der Waals surface area contributed by atoms with E-state index in [1.54, 1.807) is 24.3 Å². The first-order valence-corrected chi connectivity index (χ1v) is 11.1. The van der Waals surface area contributed by atoms with E-state index in [4.69, 9.17) is 9.47 Å². The summed E-state index contributed by atoms with van der Waals surface area (Å²) in [5.41, 5.74) is 0.947. The van der Waals surface area contributed by atoms with E-state index in [9.17, 15) is 18.0 Å². The topological polar surface area (TPSA) is 98.8 Å². The average molecular weight is 417 g/mol. The first-order valence-electron chi connectivity index (χ1n) is 9.31. The van der Waals surface area contributed by atoms with Crippen LogP contribution in [0.1, 0.15) is 29.3 Å². The molecule has 0 bridgehead atoms. The van der Waals surface area contributed by atoms with Crippen LogP contribution < -0.4 is 10.1 Å². The van der Waals surface area contributed by atoms with E-state index in [-0.39, 0.29) is 18.1 Å². The Morgan fingerprint density at radius 1 is 1.10 bits per heavy atom. The Balaban J connectivity index is 1.59. The van der Waals surface area contributed by atoms with Gasteiger partial charge in [0.15, 0.2) is 15.9 Å². The van der Waals surface area contributed by atoms with Crippen LogP contribution in [-0.2, 0) is 26.0 Å². The summed E-state index contributed by atoms with van der Waals surface area (Å²) >= 11 is 0. The van der Waals surface area contributed by atoms with E-state index in [0.717, 1.165) is 0 Å². The highest BCUT2D eigenvalue weighted by Gasteiger charge is 2.31. The maximum absolute atomic E-state index is 12.6. The van der Waals surface area contributed by atoms with E-state index in [1.165, 1.54) is 6.92 Å². The number of sulfone groups is 1. The minimum absolute atomic E-state index is 0.0565. The largest absolute Gasteiger partial charge is 0.489 e. The molecule has 1 saturated heterocycles. The lowest BCUT2D eigenvalue weighted by molar-refractivity contribution is -0.129. The number of benzene rings is 2. The molecule has 29 heavy (non-hydrogen) atoms. The molecule has 0 aliphatic carbocycles. The third-order valence-electron chi connectivity index (χ3n) is 4.61. The second kappa shape index (κ2) is 9.09. The molecule has 1 fully saturated rings. The van der Waals surface area contributed by atoms with Gasteiger partial charge in [-0.15, -0.1) is 0 Å². The number of nitrogens with one attached hydrogen (secondary N) is 1. The third-order valence-corrected chi connectivity index (χ3v) is 6.37. The van der Waals surface area contributed by atoms with Gasteiger partial charge in [-0.3, -0.25) is 4.79 Å². The number of amides is 1. The minimum Gasteiger partial charge on any atom is -0.489 e. The van der Waals surface area contributed by atoms with E-state index >= 15 is 0 Å². The monoisotopic (exact) mass is 417 g/mol. The molecule has 0 spiro atoms. The van der Waals surface area contributed by atoms with Crippen LogP contribution in [0, 0.1) is 0 Å². The number of ether oxygens (including phenoxy) is 2. The Labute approximate surface area is 169 Å². The number of para-hydroxylation sites is 1. The summed E-state index contributed by atoms with van der Waals surface area (Å²) in [6, 6.07) is 15.6. The lowest BCUT2D eigenvalue weighted by Gasteiger charge is -2.17. The van der Waals surface area contributed by atoms with Gasteiger partial charge < -0.3 is 14.8 Å². The molecule has 1 aliphatic heterocycles. The standard InChI is InChI=1S/C21H23NO6S/c1-15(20(23)22-17-11-12-29(25,26)14-17)28-21(24)19-10-6-5-7-16(19)13-27-18-8-3-2-4-9-18/h2-10,15,17H,11-14H2,1H3,(H,22,23)/t15-,17+/m1/s1. The molecule has 0 saturated carbocycles. The molecule has 1 N–H and O–H groups in total. The lowest BCUT2D eigenvalue weighted by atomic mass is 10.1. The highest BCUT2D eigenvalue weighted by molar-refractivity contribution is 7.91. The Morgan fingerprint density at radius 3 is 2.48 bits per heavy atom. The number of hydrogen-bond acceptors (Lipinski definition) is 6. The molecule has 3 rings (SSSR count). The second-order valence-corrected chi connectivity index (χ2v) is 9.14. The van der Waals surface area contributed by atoms with Crippen LogP contribution in [0.3, 0.4) is 0 Å². The molecule has 0 radical (unpaired) electrons. The van der Waals surface area contributed by atoms with Crippen LogP contribution in [0.15, 0.2) is 54.6 Å². The van der Waals surface area contributed by atoms with Crippen molar-refractivity contribution in [2.24, 2.45) is 0 Å². The van der Waals surface area contributed by atoms with E-state index in [0.29, 0.717) is 23.3 Å². The van der Waals surface area contributed by atoms with Gasteiger partial charge in [0, 0.05) is 11.6 Å². The zero-order valence-corrected chi connectivity index (χ0v) is 16.9. The molecule has 8 heteroatoms. The predicted molar refractivity (Wildman–Crippen MR) is 107 cm³/mol. The number of carbonyl (C=O) groups excluding carboxylic acids is 2. The molecule has 2 aromatic rings. The van der Waals surface area contributed by atoms with Gasteiger partial charge in [-0.05, 0) is 31.5 Å². The van der Waals surface area contributed by atoms with Gasteiger partial charge >= 0.3 is 5.97 Å². The quantitative estimate of drug-likeness (QED) is 0.693. The lowest BCUT2D eigenvalue weighted by Crippen LogP contribution is -2.42. The van der Waals surface area contributed by atoms with Gasteiger partial charge in [-0.1, -0.05) is 36.4 Å². The molecule has 2 aromatic carbocycles. The molecule has 0 aromatic heterocycles. The van der Waals surface area contributed by atoms with Gasteiger partial charge in [0.1, 0.15) is 12.4 Å². The number of carbonyl (C=O) groups is 2. The molecule has 1 aliphatic rings. The summed E-state index contributed by atoms with van der Waals surface area (Å²) in [5, 5.41) is 2.63. The normalized spacial score (nSPS) is 18.6. The summed E-state index contributed by atoms with van der Waals surface area (Å²) in [6.07, 6.45) is -0.678. The Bertz CT molecular complexity index is 974. The summed E-state index contributed by atoms with van der Waals surface area (Å²) in [4.78, 5) is 24.8. The SMILES string of the molecule is C[C@@H](OC(=O)c1ccccc1COc1ccccc1)C(=O)N[C@H]1CCS(=O)(=O)C1. The molecule has 0 unspecified atom stereocenters. The first-order chi connectivity index (χ1) is 13.8. The van der Waals surface area contributed by atoms with E-state index in [2.05, 4.69) is 5.32 Å². The highest BCUT2D eigenvalue weighted by atomic mass is 32.2. The van der Waals surface area contributed by atoms with Crippen molar-refractivity contribution >= 4 is 21.7 Å². The van der Waals surface area contributed by atoms with Crippen molar-refractivity contribution < 1.29 is 27.5 Å². The molecule has 7 nitrogen and oxygen atoms in total. The van der Waals surface area contributed by atoms with Crippen molar-refractivity contribution in [1.29, 1.82) is 0 Å². The van der Waals surface area contributed by atoms with E-state index < -0.39 is 33.9 Å². The fourth-order valence-electron chi connectivity index (χ4n) is 3.03. The van der Waals surface area contributed by atoms with Crippen LogP contribution >= 0.6 is 0 Å². The summed E-state index contributed by atoms with van der Waals surface area (Å²) in [6.45, 7) is 1.63. The van der Waals surface area contributed by atoms with Gasteiger partial charge in [-0.2, -0.15) is 0 Å². The molecule has 154 valence electrons. The van der Waals surface area contributed by atoms with Crippen molar-refractivity contribution in [3.8, 4) is 5.75 Å². The van der Waals surface area contributed by atoms with Crippen LogP contribution in [0.4, 0.5) is 0 Å². The summed E-state index contributed by atoms with van der Waals surface area (Å²) in [5.74, 6) is -0.507. The number of rotatable bonds is 7. The smallest absolute Gasteiger partial charge is 0.339 e. The average Bonchev–Trinajstić information content (AvgIpc) is 3.05. The van der Waals surface area contributed by atoms with Crippen molar-refractivity contribution in [2.75, 3.05) is 11.5 Å². The first kappa shape index (κ1) is 20.9. The van der Waals surface area contributed by atoms with Gasteiger partial charge in [-0.25, -0.2) is 13.2 Å². The fourth-order valence-corrected chi connectivity index (χ4v) is 4.70. The van der Waals surface area contributed by atoms with Crippen LogP contribution in [0.2, 0.25) is 0 Å². The van der Waals surface area contributed by atoms with Crippen molar-refractivity contribution in [3.05, 3.63) is 65.7 Å². The van der Waals surface area contributed by atoms with Gasteiger partial charge in [0.05, 0.1) is 17.1 Å². The van der Waals surface area contributed by atoms with Crippen molar-refractivity contribution in [1.82, 2.24) is 5.32 Å². The Hall–Kier alpha value is -2.87. The zero-order valence-electron chi connectivity index (χ0n) is 16.0. The number of esters is 1. The molecule has 1 heterocycles. The van der Waals surface area contributed by atoms with Gasteiger partial charge in [0.2, 0.25) is 0 Å². The Kier molecular flexibility index (Phi) is 6.53. The molecular formula is C21H23NO6S. The maximum Gasteiger partial charge on any atom is 0.339 e. The summed E-state index contributed by atoms with van der Waals surface area (Å²) in [7, 11) is -3.10. The van der Waals surface area contributed by atoms with Crippen LogP contribution in [-0.4, -0.2) is 43.9 Å². The molecule has 1 amide bonds. The minimum atomic E-state index is -3.10. The zero-order chi connectivity index (χ0) is 20.9.